The number of nitrogens with zero attached hydrogens (tertiary/aromatic N) is 7. The molecule has 1 aliphatic heterocycles. The van der Waals surface area contributed by atoms with Crippen LogP contribution < -0.4 is 4.90 Å². The molecule has 0 spiro atoms. The summed E-state index contributed by atoms with van der Waals surface area (Å²) in [6.45, 7) is 12.1. The van der Waals surface area contributed by atoms with Gasteiger partial charge in [0.25, 0.3) is 0 Å². The van der Waals surface area contributed by atoms with Gasteiger partial charge in [-0.15, -0.1) is 10.2 Å². The molecule has 2 aliphatic carbocycles. The van der Waals surface area contributed by atoms with Crippen molar-refractivity contribution < 1.29 is 0 Å². The second-order valence-corrected chi connectivity index (χ2v) is 11.8. The molecule has 2 aromatic rings. The van der Waals surface area contributed by atoms with Crippen molar-refractivity contribution in [3.63, 3.8) is 0 Å². The number of rotatable bonds is 8. The first-order valence-electron chi connectivity index (χ1n) is 12.3. The van der Waals surface area contributed by atoms with Crippen LogP contribution in [0.1, 0.15) is 82.1 Å². The highest BCUT2D eigenvalue weighted by atomic mass is 32.2. The minimum absolute atomic E-state index is 0.0126. The Labute approximate surface area is 196 Å². The monoisotopic (exact) mass is 455 g/mol. The van der Waals surface area contributed by atoms with Gasteiger partial charge in [0.05, 0.1) is 0 Å². The van der Waals surface area contributed by atoms with Crippen LogP contribution in [-0.4, -0.2) is 68.1 Å². The normalized spacial score (nSPS) is 20.2. The molecule has 2 aromatic heterocycles. The molecule has 174 valence electrons. The van der Waals surface area contributed by atoms with Crippen molar-refractivity contribution in [1.82, 2.24) is 29.6 Å². The molecule has 32 heavy (non-hydrogen) atoms. The van der Waals surface area contributed by atoms with Crippen molar-refractivity contribution in [2.45, 2.75) is 75.3 Å². The summed E-state index contributed by atoms with van der Waals surface area (Å²) in [5.74, 6) is 5.72. The van der Waals surface area contributed by atoms with Crippen LogP contribution in [0.3, 0.4) is 0 Å². The summed E-state index contributed by atoms with van der Waals surface area (Å²) >= 11 is 1.85. The smallest absolute Gasteiger partial charge is 0.190 e. The Morgan fingerprint density at radius 2 is 1.69 bits per heavy atom. The van der Waals surface area contributed by atoms with Crippen LogP contribution in [0.15, 0.2) is 11.2 Å². The minimum atomic E-state index is -0.0126. The van der Waals surface area contributed by atoms with Crippen molar-refractivity contribution in [3.8, 4) is 0 Å². The van der Waals surface area contributed by atoms with Crippen molar-refractivity contribution in [2.75, 3.05) is 43.4 Å². The van der Waals surface area contributed by atoms with E-state index in [1.165, 1.54) is 43.6 Å². The Morgan fingerprint density at radius 3 is 2.34 bits per heavy atom. The Morgan fingerprint density at radius 1 is 0.969 bits per heavy atom. The van der Waals surface area contributed by atoms with Gasteiger partial charge in [0, 0.05) is 68.0 Å². The maximum absolute atomic E-state index is 4.98. The first-order valence-corrected chi connectivity index (χ1v) is 13.3. The zero-order valence-electron chi connectivity index (χ0n) is 20.0. The van der Waals surface area contributed by atoms with Crippen LogP contribution in [0.5, 0.6) is 0 Å². The van der Waals surface area contributed by atoms with Gasteiger partial charge in [-0.25, -0.2) is 9.97 Å². The fourth-order valence-electron chi connectivity index (χ4n) is 4.34. The van der Waals surface area contributed by atoms with Gasteiger partial charge in [0.15, 0.2) is 5.16 Å². The summed E-state index contributed by atoms with van der Waals surface area (Å²) in [5.41, 5.74) is 1.24. The molecule has 0 N–H and O–H groups in total. The zero-order valence-corrected chi connectivity index (χ0v) is 20.9. The third-order valence-corrected chi connectivity index (χ3v) is 7.86. The molecule has 0 radical (unpaired) electrons. The zero-order chi connectivity index (χ0) is 22.3. The fourth-order valence-corrected chi connectivity index (χ4v) is 5.18. The van der Waals surface area contributed by atoms with Crippen LogP contribution in [0.25, 0.3) is 0 Å². The molecule has 8 heteroatoms. The number of hydrogen-bond donors (Lipinski definition) is 0. The number of anilines is 1. The van der Waals surface area contributed by atoms with Gasteiger partial charge in [0.2, 0.25) is 0 Å². The van der Waals surface area contributed by atoms with Gasteiger partial charge in [0.1, 0.15) is 17.5 Å². The molecule has 0 bridgehead atoms. The average Bonchev–Trinajstić information content (AvgIpc) is 3.69. The first kappa shape index (κ1) is 22.1. The molecule has 3 fully saturated rings. The van der Waals surface area contributed by atoms with E-state index in [1.807, 2.05) is 11.8 Å². The molecule has 3 heterocycles. The van der Waals surface area contributed by atoms with Crippen LogP contribution >= 0.6 is 11.8 Å². The Bertz CT molecular complexity index is 934. The van der Waals surface area contributed by atoms with Crippen LogP contribution in [0, 0.1) is 0 Å². The maximum atomic E-state index is 4.98. The van der Waals surface area contributed by atoms with Crippen molar-refractivity contribution >= 4 is 17.6 Å². The largest absolute Gasteiger partial charge is 0.354 e. The summed E-state index contributed by atoms with van der Waals surface area (Å²) in [6.07, 6.45) is 6.29. The summed E-state index contributed by atoms with van der Waals surface area (Å²) in [5, 5.41) is 9.86. The third kappa shape index (κ3) is 5.11. The molecule has 1 saturated heterocycles. The second kappa shape index (κ2) is 8.93. The van der Waals surface area contributed by atoms with Crippen LogP contribution in [0.4, 0.5) is 5.82 Å². The standard InChI is InChI=1S/C24H37N7S/c1-24(2,3)22-25-19(17-6-7-17)16-20(26-22)31-13-11-30(12-14-31)10-5-15-32-23-28-27-21(29(23)4)18-8-9-18/h16-18H,5-15H2,1-4H3. The quantitative estimate of drug-likeness (QED) is 0.441. The van der Waals surface area contributed by atoms with Crippen molar-refractivity contribution in [2.24, 2.45) is 7.05 Å². The summed E-state index contributed by atoms with van der Waals surface area (Å²) < 4.78 is 2.20. The molecule has 0 unspecified atom stereocenters. The molecule has 3 aliphatic rings. The molecule has 0 amide bonds. The number of piperazine rings is 1. The van der Waals surface area contributed by atoms with Gasteiger partial charge in [-0.05, 0) is 38.6 Å². The number of hydrogen-bond acceptors (Lipinski definition) is 7. The van der Waals surface area contributed by atoms with Crippen molar-refractivity contribution in [1.29, 1.82) is 0 Å². The van der Waals surface area contributed by atoms with E-state index in [1.54, 1.807) is 0 Å². The van der Waals surface area contributed by atoms with E-state index in [0.717, 1.165) is 55.3 Å². The number of thioether (sulfide) groups is 1. The van der Waals surface area contributed by atoms with Gasteiger partial charge in [-0.2, -0.15) is 0 Å². The average molecular weight is 456 g/mol. The highest BCUT2D eigenvalue weighted by Gasteiger charge is 2.30. The predicted molar refractivity (Wildman–Crippen MR) is 130 cm³/mol. The SMILES string of the molecule is Cn1c(SCCCN2CCN(c3cc(C4CC4)nc(C(C)(C)C)n3)CC2)nnc1C1CC1. The second-order valence-electron chi connectivity index (χ2n) is 10.7. The molecule has 5 rings (SSSR count). The van der Waals surface area contributed by atoms with Crippen LogP contribution in [-0.2, 0) is 12.5 Å². The Kier molecular flexibility index (Phi) is 6.18. The van der Waals surface area contributed by atoms with Gasteiger partial charge < -0.3 is 9.47 Å². The fraction of sp³-hybridized carbons (Fsp3) is 0.750. The van der Waals surface area contributed by atoms with Gasteiger partial charge in [-0.3, -0.25) is 4.90 Å². The van der Waals surface area contributed by atoms with E-state index in [0.29, 0.717) is 11.8 Å². The lowest BCUT2D eigenvalue weighted by Gasteiger charge is -2.36. The molecular formula is C24H37N7S. The first-order chi connectivity index (χ1) is 15.4. The predicted octanol–water partition coefficient (Wildman–Crippen LogP) is 3.96. The van der Waals surface area contributed by atoms with E-state index in [2.05, 4.69) is 58.4 Å². The Hall–Kier alpha value is -1.67. The molecule has 7 nitrogen and oxygen atoms in total. The van der Waals surface area contributed by atoms with E-state index in [4.69, 9.17) is 9.97 Å². The van der Waals surface area contributed by atoms with E-state index in [-0.39, 0.29) is 5.41 Å². The topological polar surface area (TPSA) is 63.0 Å². The molecule has 0 aromatic carbocycles. The van der Waals surface area contributed by atoms with Crippen molar-refractivity contribution in [3.05, 3.63) is 23.4 Å². The molecular weight excluding hydrogens is 418 g/mol. The molecule has 2 saturated carbocycles. The van der Waals surface area contributed by atoms with Gasteiger partial charge in [-0.1, -0.05) is 32.5 Å². The maximum Gasteiger partial charge on any atom is 0.190 e. The van der Waals surface area contributed by atoms with E-state index < -0.39 is 0 Å². The minimum Gasteiger partial charge on any atom is -0.354 e. The lowest BCUT2D eigenvalue weighted by atomic mass is 9.95. The lowest BCUT2D eigenvalue weighted by Crippen LogP contribution is -2.47. The summed E-state index contributed by atoms with van der Waals surface area (Å²) in [7, 11) is 2.11. The van der Waals surface area contributed by atoms with E-state index >= 15 is 0 Å². The third-order valence-electron chi connectivity index (χ3n) is 6.76. The highest BCUT2D eigenvalue weighted by molar-refractivity contribution is 7.99. The van der Waals surface area contributed by atoms with Gasteiger partial charge >= 0.3 is 0 Å². The highest BCUT2D eigenvalue weighted by Crippen LogP contribution is 2.41. The number of aromatic nitrogens is 5. The van der Waals surface area contributed by atoms with E-state index in [9.17, 15) is 0 Å². The summed E-state index contributed by atoms with van der Waals surface area (Å²) in [4.78, 5) is 14.9. The Balaban J connectivity index is 1.10. The summed E-state index contributed by atoms with van der Waals surface area (Å²) in [6, 6.07) is 2.26. The molecule has 0 atom stereocenters. The lowest BCUT2D eigenvalue weighted by molar-refractivity contribution is 0.258. The van der Waals surface area contributed by atoms with Crippen LogP contribution in [0.2, 0.25) is 0 Å².